The van der Waals surface area contributed by atoms with Crippen LogP contribution in [0.5, 0.6) is 0 Å². The molecule has 0 atom stereocenters. The zero-order valence-electron chi connectivity index (χ0n) is 14.2. The van der Waals surface area contributed by atoms with Gasteiger partial charge in [0.2, 0.25) is 5.89 Å². The van der Waals surface area contributed by atoms with Crippen molar-refractivity contribution < 1.29 is 9.05 Å². The summed E-state index contributed by atoms with van der Waals surface area (Å²) >= 11 is 0. The van der Waals surface area contributed by atoms with Crippen LogP contribution in [0.2, 0.25) is 0 Å². The maximum Gasteiger partial charge on any atom is 0.229 e. The molecule has 0 radical (unpaired) electrons. The highest BCUT2D eigenvalue weighted by molar-refractivity contribution is 5.03. The third kappa shape index (κ3) is 4.39. The zero-order valence-corrected chi connectivity index (χ0v) is 14.2. The Labute approximate surface area is 136 Å². The lowest BCUT2D eigenvalue weighted by molar-refractivity contribution is 0.237. The molecular formula is C16H25N5O2. The second-order valence-electron chi connectivity index (χ2n) is 6.54. The van der Waals surface area contributed by atoms with Crippen LogP contribution in [0.15, 0.2) is 15.1 Å². The summed E-state index contributed by atoms with van der Waals surface area (Å²) in [5, 5.41) is 8.17. The molecule has 2 aromatic heterocycles. The quantitative estimate of drug-likeness (QED) is 0.836. The summed E-state index contributed by atoms with van der Waals surface area (Å²) in [6.45, 7) is 11.8. The second kappa shape index (κ2) is 7.23. The minimum Gasteiger partial charge on any atom is -0.361 e. The lowest BCUT2D eigenvalue weighted by atomic mass is 10.2. The highest BCUT2D eigenvalue weighted by atomic mass is 16.5. The van der Waals surface area contributed by atoms with Gasteiger partial charge in [-0.05, 0) is 26.4 Å². The van der Waals surface area contributed by atoms with E-state index in [-0.39, 0.29) is 5.92 Å². The molecule has 0 bridgehead atoms. The van der Waals surface area contributed by atoms with Gasteiger partial charge in [0, 0.05) is 31.6 Å². The topological polar surface area (TPSA) is 71.4 Å². The summed E-state index contributed by atoms with van der Waals surface area (Å²) in [4.78, 5) is 9.28. The zero-order chi connectivity index (χ0) is 16.2. The molecule has 1 saturated heterocycles. The fraction of sp³-hybridized carbons (Fsp3) is 0.688. The Morgan fingerprint density at radius 1 is 1.04 bits per heavy atom. The SMILES string of the molecule is Cc1cc(CN2CCCN(Cc3noc(C(C)C)n3)CC2)no1. The molecule has 1 aliphatic rings. The van der Waals surface area contributed by atoms with Gasteiger partial charge in [0.15, 0.2) is 5.82 Å². The van der Waals surface area contributed by atoms with E-state index in [1.807, 2.05) is 13.0 Å². The lowest BCUT2D eigenvalue weighted by Crippen LogP contribution is -2.30. The van der Waals surface area contributed by atoms with Crippen molar-refractivity contribution in [3.63, 3.8) is 0 Å². The van der Waals surface area contributed by atoms with E-state index in [2.05, 4.69) is 38.9 Å². The van der Waals surface area contributed by atoms with Crippen LogP contribution in [-0.2, 0) is 13.1 Å². The molecule has 0 spiro atoms. The maximum atomic E-state index is 5.28. The molecule has 0 amide bonds. The molecule has 0 N–H and O–H groups in total. The number of hydrogen-bond acceptors (Lipinski definition) is 7. The fourth-order valence-electron chi connectivity index (χ4n) is 2.83. The number of aryl methyl sites for hydroxylation is 1. The van der Waals surface area contributed by atoms with Crippen molar-refractivity contribution in [2.45, 2.75) is 46.2 Å². The Hall–Kier alpha value is -1.73. The Kier molecular flexibility index (Phi) is 5.07. The van der Waals surface area contributed by atoms with Crippen LogP contribution >= 0.6 is 0 Å². The van der Waals surface area contributed by atoms with Gasteiger partial charge in [-0.2, -0.15) is 4.98 Å². The molecule has 1 fully saturated rings. The van der Waals surface area contributed by atoms with Crippen molar-refractivity contribution in [1.29, 1.82) is 0 Å². The third-order valence-corrected chi connectivity index (χ3v) is 4.09. The Morgan fingerprint density at radius 2 is 1.78 bits per heavy atom. The van der Waals surface area contributed by atoms with Crippen LogP contribution in [0.3, 0.4) is 0 Å². The van der Waals surface area contributed by atoms with Gasteiger partial charge in [0.1, 0.15) is 5.76 Å². The van der Waals surface area contributed by atoms with Crippen molar-refractivity contribution in [3.05, 3.63) is 29.2 Å². The first-order chi connectivity index (χ1) is 11.1. The van der Waals surface area contributed by atoms with Crippen LogP contribution in [0.1, 0.15) is 49.4 Å². The van der Waals surface area contributed by atoms with E-state index in [1.54, 1.807) is 0 Å². The van der Waals surface area contributed by atoms with E-state index < -0.39 is 0 Å². The summed E-state index contributed by atoms with van der Waals surface area (Å²) in [6, 6.07) is 2.01. The standard InChI is InChI=1S/C16H25N5O2/c1-12(2)16-17-15(19-23-16)11-21-6-4-5-20(7-8-21)10-14-9-13(3)22-18-14/h9,12H,4-8,10-11H2,1-3H3. The summed E-state index contributed by atoms with van der Waals surface area (Å²) in [6.07, 6.45) is 1.13. The predicted octanol–water partition coefficient (Wildman–Crippen LogP) is 2.20. The van der Waals surface area contributed by atoms with Gasteiger partial charge < -0.3 is 9.05 Å². The van der Waals surface area contributed by atoms with E-state index in [1.165, 1.54) is 0 Å². The van der Waals surface area contributed by atoms with E-state index >= 15 is 0 Å². The molecule has 1 aliphatic heterocycles. The summed E-state index contributed by atoms with van der Waals surface area (Å²) in [5.41, 5.74) is 1.01. The third-order valence-electron chi connectivity index (χ3n) is 4.09. The van der Waals surface area contributed by atoms with Gasteiger partial charge in [0.25, 0.3) is 0 Å². The van der Waals surface area contributed by atoms with Crippen molar-refractivity contribution in [2.24, 2.45) is 0 Å². The van der Waals surface area contributed by atoms with E-state index in [0.717, 1.165) is 68.9 Å². The minimum atomic E-state index is 0.279. The normalized spacial score (nSPS) is 17.7. The van der Waals surface area contributed by atoms with Crippen LogP contribution in [-0.4, -0.2) is 51.3 Å². The fourth-order valence-corrected chi connectivity index (χ4v) is 2.83. The van der Waals surface area contributed by atoms with Gasteiger partial charge in [-0.1, -0.05) is 24.2 Å². The molecule has 7 nitrogen and oxygen atoms in total. The van der Waals surface area contributed by atoms with Gasteiger partial charge in [0.05, 0.1) is 12.2 Å². The van der Waals surface area contributed by atoms with Crippen LogP contribution in [0, 0.1) is 6.92 Å². The molecule has 0 aliphatic carbocycles. The van der Waals surface area contributed by atoms with E-state index in [4.69, 9.17) is 9.05 Å². The molecule has 23 heavy (non-hydrogen) atoms. The molecule has 126 valence electrons. The van der Waals surface area contributed by atoms with Crippen molar-refractivity contribution in [1.82, 2.24) is 25.1 Å². The second-order valence-corrected chi connectivity index (χ2v) is 6.54. The summed E-state index contributed by atoms with van der Waals surface area (Å²) in [7, 11) is 0. The maximum absolute atomic E-state index is 5.28. The Balaban J connectivity index is 1.51. The first-order valence-corrected chi connectivity index (χ1v) is 8.29. The predicted molar refractivity (Wildman–Crippen MR) is 84.8 cm³/mol. The monoisotopic (exact) mass is 319 g/mol. The lowest BCUT2D eigenvalue weighted by Gasteiger charge is -2.19. The summed E-state index contributed by atoms with van der Waals surface area (Å²) in [5.74, 6) is 2.66. The molecule has 0 unspecified atom stereocenters. The average molecular weight is 319 g/mol. The first kappa shape index (κ1) is 16.1. The molecule has 2 aromatic rings. The average Bonchev–Trinajstić information content (AvgIpc) is 3.07. The van der Waals surface area contributed by atoms with E-state index in [0.29, 0.717) is 0 Å². The van der Waals surface area contributed by atoms with Crippen LogP contribution in [0.4, 0.5) is 0 Å². The highest BCUT2D eigenvalue weighted by Crippen LogP contribution is 2.14. The number of rotatable bonds is 5. The number of aromatic nitrogens is 3. The number of nitrogens with zero attached hydrogens (tertiary/aromatic N) is 5. The van der Waals surface area contributed by atoms with Gasteiger partial charge >= 0.3 is 0 Å². The van der Waals surface area contributed by atoms with Crippen molar-refractivity contribution in [2.75, 3.05) is 26.2 Å². The molecule has 3 rings (SSSR count). The van der Waals surface area contributed by atoms with Gasteiger partial charge in [-0.15, -0.1) is 0 Å². The molecule has 7 heteroatoms. The summed E-state index contributed by atoms with van der Waals surface area (Å²) < 4.78 is 10.4. The van der Waals surface area contributed by atoms with E-state index in [9.17, 15) is 0 Å². The van der Waals surface area contributed by atoms with Crippen LogP contribution in [0.25, 0.3) is 0 Å². The largest absolute Gasteiger partial charge is 0.361 e. The first-order valence-electron chi connectivity index (χ1n) is 8.29. The Bertz CT molecular complexity index is 622. The van der Waals surface area contributed by atoms with Gasteiger partial charge in [-0.3, -0.25) is 9.80 Å². The van der Waals surface area contributed by atoms with Crippen LogP contribution < -0.4 is 0 Å². The molecular weight excluding hydrogens is 294 g/mol. The van der Waals surface area contributed by atoms with Gasteiger partial charge in [-0.25, -0.2) is 0 Å². The highest BCUT2D eigenvalue weighted by Gasteiger charge is 2.18. The minimum absolute atomic E-state index is 0.279. The Morgan fingerprint density at radius 3 is 2.39 bits per heavy atom. The molecule has 0 saturated carbocycles. The van der Waals surface area contributed by atoms with Crippen molar-refractivity contribution >= 4 is 0 Å². The molecule has 0 aromatic carbocycles. The molecule has 3 heterocycles. The number of hydrogen-bond donors (Lipinski definition) is 0. The smallest absolute Gasteiger partial charge is 0.229 e. The van der Waals surface area contributed by atoms with Crippen molar-refractivity contribution in [3.8, 4) is 0 Å².